The van der Waals surface area contributed by atoms with Gasteiger partial charge in [-0.3, -0.25) is 0 Å². The van der Waals surface area contributed by atoms with Crippen molar-refractivity contribution in [2.24, 2.45) is 0 Å². The molecule has 1 aromatic heterocycles. The molecule has 0 amide bonds. The molecule has 0 atom stereocenters. The van der Waals surface area contributed by atoms with Crippen LogP contribution in [0.5, 0.6) is 11.6 Å². The highest BCUT2D eigenvalue weighted by Gasteiger charge is 2.33. The Hall–Kier alpha value is -3.49. The summed E-state index contributed by atoms with van der Waals surface area (Å²) in [6.45, 7) is -0.231. The van der Waals surface area contributed by atoms with Crippen molar-refractivity contribution in [3.63, 3.8) is 0 Å². The molecule has 0 radical (unpaired) electrons. The summed E-state index contributed by atoms with van der Waals surface area (Å²) in [6, 6.07) is 12.0. The number of ether oxygens (including phenoxy) is 2. The number of benzene rings is 2. The van der Waals surface area contributed by atoms with Gasteiger partial charge in [-0.2, -0.15) is 13.2 Å². The Labute approximate surface area is 156 Å². The van der Waals surface area contributed by atoms with Gasteiger partial charge >= 0.3 is 12.1 Å². The number of hydrogen-bond acceptors (Lipinski definition) is 5. The first-order valence-corrected chi connectivity index (χ1v) is 7.90. The van der Waals surface area contributed by atoms with E-state index >= 15 is 0 Å². The van der Waals surface area contributed by atoms with Crippen molar-refractivity contribution in [3.05, 3.63) is 83.6 Å². The van der Waals surface area contributed by atoms with Crippen LogP contribution in [-0.4, -0.2) is 15.9 Å². The van der Waals surface area contributed by atoms with E-state index in [9.17, 15) is 22.4 Å². The molecule has 0 spiro atoms. The summed E-state index contributed by atoms with van der Waals surface area (Å²) in [5, 5.41) is 0. The molecule has 0 saturated heterocycles. The zero-order valence-electron chi connectivity index (χ0n) is 14.1. The summed E-state index contributed by atoms with van der Waals surface area (Å²) in [7, 11) is 0. The van der Waals surface area contributed by atoms with Gasteiger partial charge in [0, 0.05) is 11.6 Å². The van der Waals surface area contributed by atoms with E-state index in [1.807, 2.05) is 0 Å². The Morgan fingerprint density at radius 2 is 1.71 bits per heavy atom. The number of carbonyl (C=O) groups is 1. The highest BCUT2D eigenvalue weighted by atomic mass is 19.4. The molecule has 3 aromatic rings. The molecule has 2 aromatic carbocycles. The van der Waals surface area contributed by atoms with Crippen molar-refractivity contribution in [3.8, 4) is 11.6 Å². The van der Waals surface area contributed by atoms with E-state index < -0.39 is 23.7 Å². The van der Waals surface area contributed by atoms with Crippen molar-refractivity contribution in [1.29, 1.82) is 0 Å². The lowest BCUT2D eigenvalue weighted by Gasteiger charge is -2.09. The topological polar surface area (TPSA) is 61.3 Å². The number of halogens is 4. The van der Waals surface area contributed by atoms with Crippen molar-refractivity contribution in [1.82, 2.24) is 9.97 Å². The van der Waals surface area contributed by atoms with Crippen LogP contribution in [0.3, 0.4) is 0 Å². The second-order valence-electron chi connectivity index (χ2n) is 5.53. The lowest BCUT2D eigenvalue weighted by Crippen LogP contribution is -2.08. The zero-order chi connectivity index (χ0) is 20.1. The van der Waals surface area contributed by atoms with Gasteiger partial charge in [-0.05, 0) is 30.3 Å². The molecular formula is C19H12F4N2O3. The van der Waals surface area contributed by atoms with Gasteiger partial charge < -0.3 is 9.47 Å². The number of esters is 1. The minimum Gasteiger partial charge on any atom is -0.457 e. The Kier molecular flexibility index (Phi) is 5.53. The number of carbonyl (C=O) groups excluding carboxylic acids is 1. The molecule has 9 heteroatoms. The van der Waals surface area contributed by atoms with Gasteiger partial charge in [0.05, 0.1) is 5.56 Å². The molecule has 1 heterocycles. The van der Waals surface area contributed by atoms with Gasteiger partial charge in [0.15, 0.2) is 5.69 Å². The molecular weight excluding hydrogens is 380 g/mol. The molecule has 0 fully saturated rings. The lowest BCUT2D eigenvalue weighted by atomic mass is 10.2. The number of aromatic nitrogens is 2. The van der Waals surface area contributed by atoms with Crippen LogP contribution in [-0.2, 0) is 17.5 Å². The summed E-state index contributed by atoms with van der Waals surface area (Å²) >= 11 is 0. The van der Waals surface area contributed by atoms with E-state index in [0.29, 0.717) is 6.07 Å². The van der Waals surface area contributed by atoms with Crippen LogP contribution < -0.4 is 4.74 Å². The maximum Gasteiger partial charge on any atom is 0.433 e. The number of alkyl halides is 3. The summed E-state index contributed by atoms with van der Waals surface area (Å²) in [4.78, 5) is 18.8. The molecule has 28 heavy (non-hydrogen) atoms. The van der Waals surface area contributed by atoms with Crippen LogP contribution in [0.25, 0.3) is 0 Å². The van der Waals surface area contributed by atoms with Crippen LogP contribution in [0.1, 0.15) is 21.6 Å². The van der Waals surface area contributed by atoms with Gasteiger partial charge in [-0.1, -0.05) is 18.2 Å². The number of rotatable bonds is 5. The van der Waals surface area contributed by atoms with Gasteiger partial charge in [0.1, 0.15) is 24.5 Å². The smallest absolute Gasteiger partial charge is 0.433 e. The maximum atomic E-state index is 13.5. The standard InChI is InChI=1S/C19H12F4N2O3/c20-15-4-2-1-3-13(15)10-27-18(26)12-5-7-14(8-6-12)28-17-9-16(19(21,22)23)24-11-25-17/h1-9,11H,10H2. The first kappa shape index (κ1) is 19.3. The average Bonchev–Trinajstić information content (AvgIpc) is 2.67. The second kappa shape index (κ2) is 8.03. The highest BCUT2D eigenvalue weighted by Crippen LogP contribution is 2.30. The molecule has 0 aliphatic rings. The van der Waals surface area contributed by atoms with Gasteiger partial charge in [-0.15, -0.1) is 0 Å². The van der Waals surface area contributed by atoms with Crippen LogP contribution in [0.4, 0.5) is 17.6 Å². The normalized spacial score (nSPS) is 11.1. The minimum absolute atomic E-state index is 0.164. The monoisotopic (exact) mass is 392 g/mol. The summed E-state index contributed by atoms with van der Waals surface area (Å²) in [5.41, 5.74) is -0.728. The molecule has 3 rings (SSSR count). The van der Waals surface area contributed by atoms with Crippen LogP contribution >= 0.6 is 0 Å². The van der Waals surface area contributed by atoms with Gasteiger partial charge in [0.25, 0.3) is 0 Å². The van der Waals surface area contributed by atoms with E-state index in [2.05, 4.69) is 9.97 Å². The minimum atomic E-state index is -4.62. The average molecular weight is 392 g/mol. The third-order valence-corrected chi connectivity index (χ3v) is 3.56. The summed E-state index contributed by atoms with van der Waals surface area (Å²) in [6.07, 6.45) is -3.88. The first-order chi connectivity index (χ1) is 13.3. The Bertz CT molecular complexity index is 975. The number of hydrogen-bond donors (Lipinski definition) is 0. The molecule has 0 unspecified atom stereocenters. The molecule has 5 nitrogen and oxygen atoms in total. The van der Waals surface area contributed by atoms with Crippen LogP contribution in [0.2, 0.25) is 0 Å². The molecule has 0 N–H and O–H groups in total. The van der Waals surface area contributed by atoms with Crippen molar-refractivity contribution in [2.45, 2.75) is 12.8 Å². The fourth-order valence-corrected chi connectivity index (χ4v) is 2.17. The van der Waals surface area contributed by atoms with Crippen molar-refractivity contribution < 1.29 is 31.8 Å². The third kappa shape index (κ3) is 4.81. The largest absolute Gasteiger partial charge is 0.457 e. The molecule has 144 valence electrons. The maximum absolute atomic E-state index is 13.5. The fraction of sp³-hybridized carbons (Fsp3) is 0.105. The molecule has 0 bridgehead atoms. The molecule has 0 aliphatic heterocycles. The Morgan fingerprint density at radius 3 is 2.39 bits per heavy atom. The Morgan fingerprint density at radius 1 is 1.00 bits per heavy atom. The fourth-order valence-electron chi connectivity index (χ4n) is 2.17. The van der Waals surface area contributed by atoms with Crippen molar-refractivity contribution in [2.75, 3.05) is 0 Å². The second-order valence-corrected chi connectivity index (χ2v) is 5.53. The quantitative estimate of drug-likeness (QED) is 0.462. The summed E-state index contributed by atoms with van der Waals surface area (Å²) in [5.74, 6) is -1.30. The van der Waals surface area contributed by atoms with Gasteiger partial charge in [-0.25, -0.2) is 19.2 Å². The van der Waals surface area contributed by atoms with E-state index in [1.54, 1.807) is 6.07 Å². The lowest BCUT2D eigenvalue weighted by molar-refractivity contribution is -0.141. The Balaban J connectivity index is 1.63. The van der Waals surface area contributed by atoms with Crippen LogP contribution in [0, 0.1) is 5.82 Å². The van der Waals surface area contributed by atoms with E-state index in [-0.39, 0.29) is 29.4 Å². The van der Waals surface area contributed by atoms with E-state index in [0.717, 1.165) is 6.33 Å². The predicted octanol–water partition coefficient (Wildman–Crippen LogP) is 4.78. The van der Waals surface area contributed by atoms with Crippen LogP contribution in [0.15, 0.2) is 60.9 Å². The molecule has 0 aliphatic carbocycles. The number of nitrogens with zero attached hydrogens (tertiary/aromatic N) is 2. The first-order valence-electron chi connectivity index (χ1n) is 7.90. The van der Waals surface area contributed by atoms with Crippen molar-refractivity contribution >= 4 is 5.97 Å². The van der Waals surface area contributed by atoms with E-state index in [1.165, 1.54) is 42.5 Å². The predicted molar refractivity (Wildman–Crippen MR) is 89.1 cm³/mol. The van der Waals surface area contributed by atoms with Gasteiger partial charge in [0.2, 0.25) is 5.88 Å². The zero-order valence-corrected chi connectivity index (χ0v) is 14.1. The highest BCUT2D eigenvalue weighted by molar-refractivity contribution is 5.89. The van der Waals surface area contributed by atoms with E-state index in [4.69, 9.17) is 9.47 Å². The third-order valence-electron chi connectivity index (χ3n) is 3.56. The SMILES string of the molecule is O=C(OCc1ccccc1F)c1ccc(Oc2cc(C(F)(F)F)ncn2)cc1. The molecule has 0 saturated carbocycles. The summed E-state index contributed by atoms with van der Waals surface area (Å²) < 4.78 is 61.7.